The zero-order valence-corrected chi connectivity index (χ0v) is 12.0. The smallest absolute Gasteiger partial charge is 0.293 e. The van der Waals surface area contributed by atoms with Gasteiger partial charge in [0.1, 0.15) is 0 Å². The highest BCUT2D eigenvalue weighted by Gasteiger charge is 2.16. The molecule has 18 heavy (non-hydrogen) atoms. The number of anilines is 1. The van der Waals surface area contributed by atoms with Gasteiger partial charge >= 0.3 is 0 Å². The highest BCUT2D eigenvalue weighted by atomic mass is 79.9. The molecule has 1 aromatic heterocycles. The van der Waals surface area contributed by atoms with E-state index in [4.69, 9.17) is 4.42 Å². The molecule has 2 rings (SSSR count). The molecule has 0 saturated carbocycles. The highest BCUT2D eigenvalue weighted by molar-refractivity contribution is 9.10. The Labute approximate surface area is 114 Å². The maximum atomic E-state index is 12.0. The number of hydrogen-bond acceptors (Lipinski definition) is 3. The second kappa shape index (κ2) is 4.94. The Balaban J connectivity index is 2.31. The van der Waals surface area contributed by atoms with Crippen LogP contribution < -0.4 is 5.32 Å². The molecule has 0 fully saturated rings. The van der Waals surface area contributed by atoms with Gasteiger partial charge in [-0.1, -0.05) is 15.9 Å². The van der Waals surface area contributed by atoms with Gasteiger partial charge in [0.2, 0.25) is 5.76 Å². The summed E-state index contributed by atoms with van der Waals surface area (Å²) in [7, 11) is 0. The molecule has 0 spiro atoms. The molecule has 0 bridgehead atoms. The number of aromatic nitrogens is 1. The third-order valence-corrected chi connectivity index (χ3v) is 3.15. The van der Waals surface area contributed by atoms with Gasteiger partial charge in [-0.3, -0.25) is 4.79 Å². The first-order valence-electron chi connectivity index (χ1n) is 5.47. The lowest BCUT2D eigenvalue weighted by molar-refractivity contribution is 0.0995. The van der Waals surface area contributed by atoms with Crippen molar-refractivity contribution < 1.29 is 9.21 Å². The van der Waals surface area contributed by atoms with E-state index in [-0.39, 0.29) is 11.7 Å². The Kier molecular flexibility index (Phi) is 3.52. The van der Waals surface area contributed by atoms with Crippen molar-refractivity contribution in [1.29, 1.82) is 0 Å². The minimum Gasteiger partial charge on any atom is -0.438 e. The van der Waals surface area contributed by atoms with Crippen LogP contribution in [0.15, 0.2) is 27.4 Å². The van der Waals surface area contributed by atoms with E-state index in [1.165, 1.54) is 6.39 Å². The summed E-state index contributed by atoms with van der Waals surface area (Å²) in [6.07, 6.45) is 1.27. The molecular formula is C13H13BrN2O2. The van der Waals surface area contributed by atoms with Gasteiger partial charge in [0.15, 0.2) is 6.39 Å². The zero-order valence-electron chi connectivity index (χ0n) is 10.4. The van der Waals surface area contributed by atoms with Crippen molar-refractivity contribution in [3.05, 3.63) is 45.6 Å². The normalized spacial score (nSPS) is 10.4. The van der Waals surface area contributed by atoms with Crippen molar-refractivity contribution in [3.8, 4) is 0 Å². The number of oxazole rings is 1. The fraction of sp³-hybridized carbons (Fsp3) is 0.231. The van der Waals surface area contributed by atoms with Crippen molar-refractivity contribution in [2.75, 3.05) is 5.32 Å². The molecule has 0 aliphatic rings. The molecule has 1 N–H and O–H groups in total. The summed E-state index contributed by atoms with van der Waals surface area (Å²) in [5, 5.41) is 2.86. The molecule has 1 amide bonds. The van der Waals surface area contributed by atoms with Crippen molar-refractivity contribution in [2.45, 2.75) is 20.8 Å². The molecule has 1 aromatic carbocycles. The van der Waals surface area contributed by atoms with E-state index in [0.717, 1.165) is 21.3 Å². The van der Waals surface area contributed by atoms with E-state index in [1.807, 2.05) is 26.0 Å². The lowest BCUT2D eigenvalue weighted by Crippen LogP contribution is -2.14. The Morgan fingerprint density at radius 2 is 1.89 bits per heavy atom. The summed E-state index contributed by atoms with van der Waals surface area (Å²) in [4.78, 5) is 15.9. The number of hydrogen-bond donors (Lipinski definition) is 1. The number of amides is 1. The zero-order chi connectivity index (χ0) is 13.3. The topological polar surface area (TPSA) is 55.1 Å². The van der Waals surface area contributed by atoms with E-state index in [9.17, 15) is 4.79 Å². The number of carbonyl (C=O) groups is 1. The minimum atomic E-state index is -0.279. The largest absolute Gasteiger partial charge is 0.438 e. The first kappa shape index (κ1) is 12.8. The molecular weight excluding hydrogens is 296 g/mol. The Bertz CT molecular complexity index is 582. The molecule has 0 aliphatic carbocycles. The summed E-state index contributed by atoms with van der Waals surface area (Å²) in [5.74, 6) is -0.0322. The van der Waals surface area contributed by atoms with Gasteiger partial charge in [0.05, 0.1) is 5.69 Å². The number of benzene rings is 1. The fourth-order valence-electron chi connectivity index (χ4n) is 1.80. The summed E-state index contributed by atoms with van der Waals surface area (Å²) >= 11 is 3.42. The van der Waals surface area contributed by atoms with Crippen molar-refractivity contribution in [1.82, 2.24) is 4.98 Å². The Morgan fingerprint density at radius 1 is 1.28 bits per heavy atom. The van der Waals surface area contributed by atoms with Crippen molar-refractivity contribution in [2.24, 2.45) is 0 Å². The predicted octanol–water partition coefficient (Wildman–Crippen LogP) is 3.61. The maximum absolute atomic E-state index is 12.0. The third kappa shape index (κ3) is 2.46. The molecule has 0 atom stereocenters. The van der Waals surface area contributed by atoms with Gasteiger partial charge in [0, 0.05) is 10.2 Å². The molecule has 0 unspecified atom stereocenters. The van der Waals surface area contributed by atoms with Crippen molar-refractivity contribution in [3.63, 3.8) is 0 Å². The van der Waals surface area contributed by atoms with E-state index < -0.39 is 0 Å². The summed E-state index contributed by atoms with van der Waals surface area (Å²) in [6, 6.07) is 3.91. The molecule has 2 aromatic rings. The van der Waals surface area contributed by atoms with Crippen LogP contribution >= 0.6 is 15.9 Å². The highest BCUT2D eigenvalue weighted by Crippen LogP contribution is 2.25. The molecule has 1 heterocycles. The van der Waals surface area contributed by atoms with Crippen LogP contribution in [0.2, 0.25) is 0 Å². The first-order valence-corrected chi connectivity index (χ1v) is 6.26. The number of aryl methyl sites for hydroxylation is 3. The number of halogens is 1. The Hall–Kier alpha value is -1.62. The number of carbonyl (C=O) groups excluding carboxylic acids is 1. The van der Waals surface area contributed by atoms with Gasteiger partial charge in [-0.15, -0.1) is 0 Å². The van der Waals surface area contributed by atoms with Crippen LogP contribution in [0.1, 0.15) is 27.4 Å². The van der Waals surface area contributed by atoms with E-state index in [1.54, 1.807) is 6.92 Å². The average Bonchev–Trinajstić information content (AvgIpc) is 2.69. The number of rotatable bonds is 2. The van der Waals surface area contributed by atoms with Crippen LogP contribution in [0.25, 0.3) is 0 Å². The van der Waals surface area contributed by atoms with Gasteiger partial charge in [-0.2, -0.15) is 0 Å². The summed E-state index contributed by atoms with van der Waals surface area (Å²) in [6.45, 7) is 5.63. The number of nitrogens with one attached hydrogen (secondary N) is 1. The average molecular weight is 309 g/mol. The second-order valence-electron chi connectivity index (χ2n) is 4.14. The number of nitrogens with zero attached hydrogens (tertiary/aromatic N) is 1. The van der Waals surface area contributed by atoms with Gasteiger partial charge in [0.25, 0.3) is 5.91 Å². The molecule has 0 saturated heterocycles. The van der Waals surface area contributed by atoms with Crippen molar-refractivity contribution >= 4 is 27.5 Å². The van der Waals surface area contributed by atoms with Crippen LogP contribution in [0.3, 0.4) is 0 Å². The quantitative estimate of drug-likeness (QED) is 0.922. The SMILES string of the molecule is Cc1cc(Br)cc(C)c1NC(=O)c1ocnc1C. The van der Waals surface area contributed by atoms with Gasteiger partial charge in [-0.25, -0.2) is 4.98 Å². The molecule has 4 nitrogen and oxygen atoms in total. The second-order valence-corrected chi connectivity index (χ2v) is 5.05. The molecule has 5 heteroatoms. The fourth-order valence-corrected chi connectivity index (χ4v) is 2.48. The molecule has 0 radical (unpaired) electrons. The van der Waals surface area contributed by atoms with Gasteiger partial charge < -0.3 is 9.73 Å². The molecule has 0 aliphatic heterocycles. The maximum Gasteiger partial charge on any atom is 0.293 e. The van der Waals surface area contributed by atoms with Gasteiger partial charge in [-0.05, 0) is 44.0 Å². The first-order chi connectivity index (χ1) is 8.49. The van der Waals surface area contributed by atoms with E-state index in [2.05, 4.69) is 26.2 Å². The third-order valence-electron chi connectivity index (χ3n) is 2.69. The lowest BCUT2D eigenvalue weighted by Gasteiger charge is -2.11. The van der Waals surface area contributed by atoms with E-state index in [0.29, 0.717) is 5.69 Å². The summed E-state index contributed by atoms with van der Waals surface area (Å²) < 4.78 is 6.06. The minimum absolute atomic E-state index is 0.247. The summed E-state index contributed by atoms with van der Waals surface area (Å²) in [5.41, 5.74) is 3.37. The van der Waals surface area contributed by atoms with E-state index >= 15 is 0 Å². The van der Waals surface area contributed by atoms with Crippen LogP contribution in [0.4, 0.5) is 5.69 Å². The monoisotopic (exact) mass is 308 g/mol. The predicted molar refractivity (Wildman–Crippen MR) is 72.8 cm³/mol. The van der Waals surface area contributed by atoms with Crippen LogP contribution in [-0.2, 0) is 0 Å². The molecule has 94 valence electrons. The van der Waals surface area contributed by atoms with Crippen LogP contribution in [-0.4, -0.2) is 10.9 Å². The van der Waals surface area contributed by atoms with Crippen LogP contribution in [0, 0.1) is 20.8 Å². The lowest BCUT2D eigenvalue weighted by atomic mass is 10.1. The standard InChI is InChI=1S/C13H13BrN2O2/c1-7-4-10(14)5-8(2)11(7)16-13(17)12-9(3)15-6-18-12/h4-6H,1-3H3,(H,16,17). The Morgan fingerprint density at radius 3 is 2.39 bits per heavy atom. The van der Waals surface area contributed by atoms with Crippen LogP contribution in [0.5, 0.6) is 0 Å².